The van der Waals surface area contributed by atoms with Crippen LogP contribution in [0.4, 0.5) is 11.6 Å². The van der Waals surface area contributed by atoms with Gasteiger partial charge in [0.1, 0.15) is 0 Å². The van der Waals surface area contributed by atoms with Gasteiger partial charge in [0.2, 0.25) is 17.0 Å². The van der Waals surface area contributed by atoms with Crippen LogP contribution in [-0.4, -0.2) is 39.0 Å². The van der Waals surface area contributed by atoms with Gasteiger partial charge in [-0.1, -0.05) is 48.0 Å². The average molecular weight is 507 g/mol. The minimum Gasteiger partial charge on any atom is -0.342 e. The molecule has 35 heavy (non-hydrogen) atoms. The number of rotatable bonds is 4. The van der Waals surface area contributed by atoms with Crippen molar-refractivity contribution < 1.29 is 0 Å². The lowest BCUT2D eigenvalue weighted by Gasteiger charge is -2.34. The average Bonchev–Trinajstić information content (AvgIpc) is 2.81. The van der Waals surface area contributed by atoms with Crippen molar-refractivity contribution in [2.45, 2.75) is 40.0 Å². The number of aryl methyl sites for hydroxylation is 3. The summed E-state index contributed by atoms with van der Waals surface area (Å²) in [6.07, 6.45) is 3.25. The summed E-state index contributed by atoms with van der Waals surface area (Å²) in [5.74, 6) is 1.81. The molecule has 2 heterocycles. The standard InChI is InChI=1S/C27H31ClN6S/c1-18-9-10-24(23(28)15-18)31-27(35)33-26(32-25-29-19(2)16-20(3)30-25)34-13-11-22(12-14-34)17-21-7-5-4-6-8-21/h4-10,15-16,22H,11-14,17H2,1-3H3,(H2,29,30,31,32,33,35). The third-order valence-corrected chi connectivity index (χ3v) is 6.57. The highest BCUT2D eigenvalue weighted by Crippen LogP contribution is 2.24. The molecule has 1 aliphatic rings. The van der Waals surface area contributed by atoms with Crippen molar-refractivity contribution in [3.63, 3.8) is 0 Å². The minimum atomic E-state index is 0.328. The van der Waals surface area contributed by atoms with Crippen molar-refractivity contribution in [2.75, 3.05) is 23.7 Å². The molecule has 0 amide bonds. The van der Waals surface area contributed by atoms with Crippen LogP contribution < -0.4 is 10.6 Å². The number of aliphatic imine (C=N–C) groups is 1. The van der Waals surface area contributed by atoms with E-state index in [9.17, 15) is 0 Å². The van der Waals surface area contributed by atoms with Gasteiger partial charge in [0, 0.05) is 24.5 Å². The van der Waals surface area contributed by atoms with E-state index >= 15 is 0 Å². The number of nitrogens with zero attached hydrogens (tertiary/aromatic N) is 4. The molecule has 0 bridgehead atoms. The zero-order valence-electron chi connectivity index (χ0n) is 20.4. The summed E-state index contributed by atoms with van der Waals surface area (Å²) in [6, 6.07) is 18.4. The highest BCUT2D eigenvalue weighted by molar-refractivity contribution is 7.80. The Balaban J connectivity index is 1.50. The Labute approximate surface area is 217 Å². The lowest BCUT2D eigenvalue weighted by molar-refractivity contribution is 0.265. The fourth-order valence-corrected chi connectivity index (χ4v) is 4.80. The second kappa shape index (κ2) is 11.6. The van der Waals surface area contributed by atoms with E-state index in [4.69, 9.17) is 28.8 Å². The van der Waals surface area contributed by atoms with Gasteiger partial charge in [-0.15, -0.1) is 0 Å². The molecule has 0 unspecified atom stereocenters. The van der Waals surface area contributed by atoms with Crippen molar-refractivity contribution in [1.82, 2.24) is 14.9 Å². The molecular formula is C27H31ClN6S. The summed E-state index contributed by atoms with van der Waals surface area (Å²) < 4.78 is 0. The Bertz CT molecular complexity index is 1190. The van der Waals surface area contributed by atoms with Gasteiger partial charge >= 0.3 is 0 Å². The lowest BCUT2D eigenvalue weighted by atomic mass is 9.90. The van der Waals surface area contributed by atoms with Gasteiger partial charge in [0.15, 0.2) is 0 Å². The smallest absolute Gasteiger partial charge is 0.229 e. The van der Waals surface area contributed by atoms with E-state index < -0.39 is 0 Å². The van der Waals surface area contributed by atoms with Crippen molar-refractivity contribution in [3.8, 4) is 0 Å². The number of hydrogen-bond acceptors (Lipinski definition) is 3. The molecule has 1 aliphatic heterocycles. The van der Waals surface area contributed by atoms with Gasteiger partial charge in [-0.2, -0.15) is 4.99 Å². The molecule has 3 aromatic rings. The molecule has 182 valence electrons. The van der Waals surface area contributed by atoms with Gasteiger partial charge in [0.05, 0.1) is 10.7 Å². The van der Waals surface area contributed by atoms with Crippen molar-refractivity contribution in [3.05, 3.63) is 82.1 Å². The molecule has 8 heteroatoms. The van der Waals surface area contributed by atoms with Crippen molar-refractivity contribution in [1.29, 1.82) is 0 Å². The fraction of sp³-hybridized carbons (Fsp3) is 0.333. The van der Waals surface area contributed by atoms with E-state index in [0.29, 0.717) is 28.0 Å². The Morgan fingerprint density at radius 3 is 2.34 bits per heavy atom. The second-order valence-electron chi connectivity index (χ2n) is 9.07. The third kappa shape index (κ3) is 7.23. The Kier molecular flexibility index (Phi) is 8.31. The topological polar surface area (TPSA) is 65.4 Å². The number of likely N-dealkylation sites (tertiary alicyclic amines) is 1. The Morgan fingerprint density at radius 1 is 1.00 bits per heavy atom. The van der Waals surface area contributed by atoms with Crippen LogP contribution in [0.15, 0.2) is 59.6 Å². The zero-order valence-corrected chi connectivity index (χ0v) is 22.0. The maximum absolute atomic E-state index is 6.39. The monoisotopic (exact) mass is 506 g/mol. The van der Waals surface area contributed by atoms with E-state index in [1.165, 1.54) is 5.56 Å². The summed E-state index contributed by atoms with van der Waals surface area (Å²) in [4.78, 5) is 16.0. The van der Waals surface area contributed by atoms with Gasteiger partial charge in [-0.05, 0) is 87.5 Å². The normalized spacial score (nSPS) is 14.6. The number of aromatic nitrogens is 2. The Hall–Kier alpha value is -3.03. The first-order valence-electron chi connectivity index (χ1n) is 11.9. The first-order chi connectivity index (χ1) is 16.9. The maximum Gasteiger partial charge on any atom is 0.229 e. The largest absolute Gasteiger partial charge is 0.342 e. The highest BCUT2D eigenvalue weighted by Gasteiger charge is 2.23. The van der Waals surface area contributed by atoms with Crippen LogP contribution in [0.2, 0.25) is 5.02 Å². The SMILES string of the molecule is Cc1ccc(NC(=S)/N=C(/Nc2nc(C)cc(C)n2)N2CCC(Cc3ccccc3)CC2)c(Cl)c1. The number of thiocarbonyl (C=S) groups is 1. The van der Waals surface area contributed by atoms with Crippen LogP contribution in [-0.2, 0) is 6.42 Å². The number of piperidine rings is 1. The van der Waals surface area contributed by atoms with Gasteiger partial charge in [-0.25, -0.2) is 9.97 Å². The van der Waals surface area contributed by atoms with Crippen LogP contribution in [0.5, 0.6) is 0 Å². The first kappa shape index (κ1) is 25.1. The summed E-state index contributed by atoms with van der Waals surface area (Å²) >= 11 is 12.0. The quantitative estimate of drug-likeness (QED) is 0.250. The molecule has 0 saturated carbocycles. The molecule has 1 aromatic heterocycles. The predicted molar refractivity (Wildman–Crippen MR) is 149 cm³/mol. The zero-order chi connectivity index (χ0) is 24.8. The van der Waals surface area contributed by atoms with E-state index in [2.05, 4.69) is 55.8 Å². The highest BCUT2D eigenvalue weighted by atomic mass is 35.5. The summed E-state index contributed by atoms with van der Waals surface area (Å²) in [7, 11) is 0. The summed E-state index contributed by atoms with van der Waals surface area (Å²) in [5, 5.41) is 7.43. The molecule has 2 N–H and O–H groups in total. The van der Waals surface area contributed by atoms with Crippen molar-refractivity contribution in [2.24, 2.45) is 10.9 Å². The van der Waals surface area contributed by atoms with Crippen LogP contribution in [0.1, 0.15) is 35.4 Å². The second-order valence-corrected chi connectivity index (χ2v) is 9.86. The summed E-state index contributed by atoms with van der Waals surface area (Å²) in [5.41, 5.74) is 5.00. The van der Waals surface area contributed by atoms with E-state index in [1.807, 2.05) is 45.0 Å². The molecule has 6 nitrogen and oxygen atoms in total. The Morgan fingerprint density at radius 2 is 1.69 bits per heavy atom. The number of hydrogen-bond donors (Lipinski definition) is 2. The number of anilines is 2. The first-order valence-corrected chi connectivity index (χ1v) is 12.7. The molecule has 2 aromatic carbocycles. The van der Waals surface area contributed by atoms with E-state index in [1.54, 1.807) is 0 Å². The van der Waals surface area contributed by atoms with Crippen molar-refractivity contribution >= 4 is 46.5 Å². The van der Waals surface area contributed by atoms with Crippen LogP contribution in [0.3, 0.4) is 0 Å². The maximum atomic E-state index is 6.39. The van der Waals surface area contributed by atoms with Gasteiger partial charge in [-0.3, -0.25) is 5.32 Å². The molecule has 4 rings (SSSR count). The molecule has 0 radical (unpaired) electrons. The third-order valence-electron chi connectivity index (χ3n) is 6.06. The molecule has 1 saturated heterocycles. The molecule has 1 fully saturated rings. The summed E-state index contributed by atoms with van der Waals surface area (Å²) in [6.45, 7) is 7.66. The number of benzene rings is 2. The van der Waals surface area contributed by atoms with E-state index in [-0.39, 0.29) is 0 Å². The van der Waals surface area contributed by atoms with Gasteiger partial charge in [0.25, 0.3) is 0 Å². The molecule has 0 aliphatic carbocycles. The van der Waals surface area contributed by atoms with Gasteiger partial charge < -0.3 is 10.2 Å². The van der Waals surface area contributed by atoms with Crippen LogP contribution >= 0.6 is 23.8 Å². The molecule has 0 atom stereocenters. The lowest BCUT2D eigenvalue weighted by Crippen LogP contribution is -2.43. The van der Waals surface area contributed by atoms with Crippen LogP contribution in [0, 0.1) is 26.7 Å². The van der Waals surface area contributed by atoms with E-state index in [0.717, 1.165) is 55.0 Å². The molecular weight excluding hydrogens is 476 g/mol. The van der Waals surface area contributed by atoms with Crippen LogP contribution in [0.25, 0.3) is 0 Å². The number of nitrogens with one attached hydrogen (secondary N) is 2. The number of guanidine groups is 1. The molecule has 0 spiro atoms. The minimum absolute atomic E-state index is 0.328. The predicted octanol–water partition coefficient (Wildman–Crippen LogP) is 6.17. The number of halogens is 1. The fourth-order valence-electron chi connectivity index (χ4n) is 4.32.